The molecule has 1 N–H and O–H groups in total. The maximum Gasteiger partial charge on any atom is 0.287 e. The molecular formula is C13H13N3O4. The second-order valence-electron chi connectivity index (χ2n) is 4.33. The van der Waals surface area contributed by atoms with Crippen LogP contribution in [0.1, 0.15) is 10.5 Å². The molecule has 0 atom stereocenters. The van der Waals surface area contributed by atoms with E-state index in [0.717, 1.165) is 0 Å². The number of hydrogen-bond acceptors (Lipinski definition) is 4. The van der Waals surface area contributed by atoms with Crippen molar-refractivity contribution in [2.45, 2.75) is 0 Å². The molecule has 2 rings (SSSR count). The molecule has 0 fully saturated rings. The van der Waals surface area contributed by atoms with Gasteiger partial charge in [0.2, 0.25) is 0 Å². The first kappa shape index (κ1) is 13.6. The Morgan fingerprint density at radius 2 is 1.95 bits per heavy atom. The molecule has 7 heteroatoms. The van der Waals surface area contributed by atoms with E-state index in [1.807, 2.05) is 0 Å². The van der Waals surface area contributed by atoms with Crippen molar-refractivity contribution in [2.75, 3.05) is 11.9 Å². The number of benzene rings is 1. The molecule has 1 amide bonds. The molecule has 104 valence electrons. The smallest absolute Gasteiger partial charge is 0.287 e. The van der Waals surface area contributed by atoms with Crippen LogP contribution >= 0.6 is 0 Å². The lowest BCUT2D eigenvalue weighted by molar-refractivity contribution is -0.384. The predicted octanol–water partition coefficient (Wildman–Crippen LogP) is 1.92. The largest absolute Gasteiger partial charge is 0.508 e. The summed E-state index contributed by atoms with van der Waals surface area (Å²) >= 11 is 0. The highest BCUT2D eigenvalue weighted by atomic mass is 16.6. The summed E-state index contributed by atoms with van der Waals surface area (Å²) in [4.78, 5) is 23.8. The third-order valence-electron chi connectivity index (χ3n) is 2.96. The maximum atomic E-state index is 12.3. The first-order valence-electron chi connectivity index (χ1n) is 5.78. The minimum atomic E-state index is -0.544. The summed E-state index contributed by atoms with van der Waals surface area (Å²) in [6.07, 6.45) is 1.29. The molecular weight excluding hydrogens is 262 g/mol. The summed E-state index contributed by atoms with van der Waals surface area (Å²) in [5, 5.41) is 19.9. The van der Waals surface area contributed by atoms with Gasteiger partial charge in [0, 0.05) is 25.8 Å². The zero-order valence-electron chi connectivity index (χ0n) is 11.0. The minimum absolute atomic E-state index is 0.101. The van der Waals surface area contributed by atoms with E-state index in [0.29, 0.717) is 5.69 Å². The van der Waals surface area contributed by atoms with Gasteiger partial charge in [-0.25, -0.2) is 0 Å². The average Bonchev–Trinajstić information content (AvgIpc) is 2.80. The van der Waals surface area contributed by atoms with Crippen LogP contribution in [0.15, 0.2) is 36.5 Å². The Morgan fingerprint density at radius 3 is 2.45 bits per heavy atom. The van der Waals surface area contributed by atoms with Gasteiger partial charge in [0.25, 0.3) is 11.6 Å². The number of aromatic nitrogens is 1. The first-order valence-corrected chi connectivity index (χ1v) is 5.78. The maximum absolute atomic E-state index is 12.3. The number of nitro groups is 1. The molecule has 0 aliphatic heterocycles. The molecule has 0 saturated heterocycles. The molecule has 0 aliphatic carbocycles. The van der Waals surface area contributed by atoms with Crippen molar-refractivity contribution in [3.8, 4) is 5.75 Å². The van der Waals surface area contributed by atoms with Gasteiger partial charge in [0.05, 0.1) is 11.1 Å². The molecule has 0 unspecified atom stereocenters. The van der Waals surface area contributed by atoms with E-state index in [9.17, 15) is 20.0 Å². The van der Waals surface area contributed by atoms with Crippen LogP contribution < -0.4 is 4.90 Å². The molecule has 0 aliphatic rings. The van der Waals surface area contributed by atoms with E-state index < -0.39 is 4.92 Å². The third-order valence-corrected chi connectivity index (χ3v) is 2.96. The van der Waals surface area contributed by atoms with Crippen LogP contribution in [0.3, 0.4) is 0 Å². The Bertz CT molecular complexity index is 661. The zero-order chi connectivity index (χ0) is 14.9. The summed E-state index contributed by atoms with van der Waals surface area (Å²) in [5.41, 5.74) is 0.666. The Labute approximate surface area is 114 Å². The molecule has 0 spiro atoms. The summed E-state index contributed by atoms with van der Waals surface area (Å²) in [7, 11) is 3.14. The van der Waals surface area contributed by atoms with Crippen LogP contribution in [0, 0.1) is 10.1 Å². The Morgan fingerprint density at radius 1 is 1.35 bits per heavy atom. The number of carbonyl (C=O) groups is 1. The van der Waals surface area contributed by atoms with E-state index in [2.05, 4.69) is 0 Å². The summed E-state index contributed by atoms with van der Waals surface area (Å²) in [5.74, 6) is -0.268. The molecule has 0 radical (unpaired) electrons. The van der Waals surface area contributed by atoms with Crippen molar-refractivity contribution in [2.24, 2.45) is 7.05 Å². The number of rotatable bonds is 3. The van der Waals surface area contributed by atoms with Crippen LogP contribution in [0.2, 0.25) is 0 Å². The average molecular weight is 275 g/mol. The quantitative estimate of drug-likeness (QED) is 0.684. The van der Waals surface area contributed by atoms with Gasteiger partial charge in [-0.3, -0.25) is 14.9 Å². The molecule has 1 aromatic carbocycles. The van der Waals surface area contributed by atoms with Crippen molar-refractivity contribution in [3.05, 3.63) is 52.3 Å². The minimum Gasteiger partial charge on any atom is -0.508 e. The lowest BCUT2D eigenvalue weighted by atomic mass is 10.2. The fourth-order valence-electron chi connectivity index (χ4n) is 1.82. The fourth-order valence-corrected chi connectivity index (χ4v) is 1.82. The van der Waals surface area contributed by atoms with Crippen molar-refractivity contribution < 1.29 is 14.8 Å². The van der Waals surface area contributed by atoms with Crippen LogP contribution in [0.5, 0.6) is 5.75 Å². The highest BCUT2D eigenvalue weighted by Gasteiger charge is 2.21. The van der Waals surface area contributed by atoms with Gasteiger partial charge in [0.15, 0.2) is 0 Å². The van der Waals surface area contributed by atoms with E-state index in [4.69, 9.17) is 0 Å². The topological polar surface area (TPSA) is 88.6 Å². The van der Waals surface area contributed by atoms with Gasteiger partial charge in [-0.1, -0.05) is 0 Å². The van der Waals surface area contributed by atoms with Gasteiger partial charge in [0.1, 0.15) is 11.4 Å². The second kappa shape index (κ2) is 5.04. The predicted molar refractivity (Wildman–Crippen MR) is 72.9 cm³/mol. The third kappa shape index (κ3) is 2.46. The molecule has 2 aromatic rings. The van der Waals surface area contributed by atoms with Crippen molar-refractivity contribution in [3.63, 3.8) is 0 Å². The lowest BCUT2D eigenvalue weighted by Crippen LogP contribution is -2.27. The second-order valence-corrected chi connectivity index (χ2v) is 4.33. The number of aryl methyl sites for hydroxylation is 1. The van der Waals surface area contributed by atoms with Gasteiger partial charge in [-0.05, 0) is 24.3 Å². The number of aromatic hydroxyl groups is 1. The number of phenols is 1. The van der Waals surface area contributed by atoms with Crippen molar-refractivity contribution in [1.29, 1.82) is 0 Å². The SMILES string of the molecule is CN(C(=O)c1cc([N+](=O)[O-])cn1C)c1ccc(O)cc1. The zero-order valence-corrected chi connectivity index (χ0v) is 11.0. The van der Waals surface area contributed by atoms with Crippen LogP contribution in [-0.4, -0.2) is 27.6 Å². The molecule has 0 saturated carbocycles. The van der Waals surface area contributed by atoms with Gasteiger partial charge >= 0.3 is 0 Å². The normalized spacial score (nSPS) is 10.3. The standard InChI is InChI=1S/C13H13N3O4/c1-14-8-10(16(19)20)7-12(14)13(18)15(2)9-3-5-11(17)6-4-9/h3-8,17H,1-2H3. The molecule has 0 bridgehead atoms. The van der Waals surface area contributed by atoms with Gasteiger partial charge < -0.3 is 14.6 Å². The van der Waals surface area contributed by atoms with Crippen LogP contribution in [0.25, 0.3) is 0 Å². The summed E-state index contributed by atoms with van der Waals surface area (Å²) in [6, 6.07) is 7.34. The number of phenolic OH excluding ortho intramolecular Hbond substituents is 1. The number of hydrogen-bond donors (Lipinski definition) is 1. The molecule has 7 nitrogen and oxygen atoms in total. The first-order chi connectivity index (χ1) is 9.40. The van der Waals surface area contributed by atoms with Crippen molar-refractivity contribution in [1.82, 2.24) is 4.57 Å². The molecule has 20 heavy (non-hydrogen) atoms. The Balaban J connectivity index is 2.31. The summed E-state index contributed by atoms with van der Waals surface area (Å²) in [6.45, 7) is 0. The van der Waals surface area contributed by atoms with Crippen LogP contribution in [0.4, 0.5) is 11.4 Å². The van der Waals surface area contributed by atoms with E-state index in [1.165, 1.54) is 33.9 Å². The number of amides is 1. The Hall–Kier alpha value is -2.83. The monoisotopic (exact) mass is 275 g/mol. The summed E-state index contributed by atoms with van der Waals surface area (Å²) < 4.78 is 1.41. The van der Waals surface area contributed by atoms with E-state index >= 15 is 0 Å². The molecule has 1 aromatic heterocycles. The number of anilines is 1. The molecule has 1 heterocycles. The number of carbonyl (C=O) groups excluding carboxylic acids is 1. The Kier molecular flexibility index (Phi) is 3.43. The fraction of sp³-hybridized carbons (Fsp3) is 0.154. The van der Waals surface area contributed by atoms with Crippen molar-refractivity contribution >= 4 is 17.3 Å². The van der Waals surface area contributed by atoms with E-state index in [-0.39, 0.29) is 23.0 Å². The highest BCUT2D eigenvalue weighted by Crippen LogP contribution is 2.21. The van der Waals surface area contributed by atoms with Gasteiger partial charge in [-0.15, -0.1) is 0 Å². The van der Waals surface area contributed by atoms with E-state index in [1.54, 1.807) is 26.2 Å². The van der Waals surface area contributed by atoms with Gasteiger partial charge in [-0.2, -0.15) is 0 Å². The highest BCUT2D eigenvalue weighted by molar-refractivity contribution is 6.05. The van der Waals surface area contributed by atoms with Crippen LogP contribution in [-0.2, 0) is 7.05 Å². The number of nitrogens with zero attached hydrogens (tertiary/aromatic N) is 3. The lowest BCUT2D eigenvalue weighted by Gasteiger charge is -2.17.